The highest BCUT2D eigenvalue weighted by atomic mass is 14.8. The third kappa shape index (κ3) is 7.48. The Kier molecular flexibility index (Phi) is 11.5. The highest BCUT2D eigenvalue weighted by Gasteiger charge is 2.51. The lowest BCUT2D eigenvalue weighted by atomic mass is 9.65. The van der Waals surface area contributed by atoms with Gasteiger partial charge in [0.05, 0.1) is 16.8 Å². The van der Waals surface area contributed by atoms with Gasteiger partial charge in [-0.15, -0.1) is 0 Å². The van der Waals surface area contributed by atoms with E-state index >= 15 is 0 Å². The second kappa shape index (κ2) is 18.2. The molecule has 0 saturated heterocycles. The zero-order chi connectivity index (χ0) is 46.2. The number of rotatable bonds is 6. The summed E-state index contributed by atoms with van der Waals surface area (Å²) in [5, 5.41) is 0. The van der Waals surface area contributed by atoms with Gasteiger partial charge >= 0.3 is 0 Å². The molecule has 0 radical (unpaired) electrons. The van der Waals surface area contributed by atoms with E-state index in [1.807, 2.05) is 13.8 Å². The summed E-state index contributed by atoms with van der Waals surface area (Å²) in [5.41, 5.74) is 25.0. The second-order valence-corrected chi connectivity index (χ2v) is 18.6. The normalized spacial score (nSPS) is 18.9. The molecule has 0 fully saturated rings. The van der Waals surface area contributed by atoms with Gasteiger partial charge in [-0.1, -0.05) is 240 Å². The van der Waals surface area contributed by atoms with Gasteiger partial charge in [0.1, 0.15) is 0 Å². The van der Waals surface area contributed by atoms with E-state index in [0.29, 0.717) is 5.92 Å². The van der Waals surface area contributed by atoms with Crippen LogP contribution in [0.25, 0.3) is 50.2 Å². The van der Waals surface area contributed by atoms with Crippen molar-refractivity contribution in [3.63, 3.8) is 0 Å². The largest absolute Gasteiger partial charge is 0.248 e. The quantitative estimate of drug-likeness (QED) is 0.158. The molecule has 3 atom stereocenters. The van der Waals surface area contributed by atoms with E-state index in [1.54, 1.807) is 0 Å². The summed E-state index contributed by atoms with van der Waals surface area (Å²) >= 11 is 0. The van der Waals surface area contributed by atoms with Gasteiger partial charge in [0, 0.05) is 17.0 Å². The second-order valence-electron chi connectivity index (χ2n) is 18.6. The first-order valence-electron chi connectivity index (χ1n) is 24.7. The van der Waals surface area contributed by atoms with Gasteiger partial charge in [-0.3, -0.25) is 0 Å². The number of fused-ring (bicyclic) bond motifs is 9. The van der Waals surface area contributed by atoms with Crippen LogP contribution in [-0.2, 0) is 11.8 Å². The molecular weight excluding hydrogens is 819 g/mol. The van der Waals surface area contributed by atoms with Crippen molar-refractivity contribution in [3.05, 3.63) is 280 Å². The van der Waals surface area contributed by atoms with E-state index in [0.717, 1.165) is 41.8 Å². The fourth-order valence-electron chi connectivity index (χ4n) is 11.5. The molecule has 3 unspecified atom stereocenters. The topological polar surface area (TPSA) is 12.4 Å². The SMILES string of the molecule is CC.CC1C=C(c2cccc(-c3ccc4c(c3)CC(C)c3ccccc3C43C4=CCCC=C4c4ccccc43)c2)N=C(c2ccc(-c3ccc(-c4ccccc4)cc3)cc2)C=C1c1ccccc1. The molecule has 1 heterocycles. The van der Waals surface area contributed by atoms with Gasteiger partial charge in [-0.05, 0) is 126 Å². The van der Waals surface area contributed by atoms with Crippen molar-refractivity contribution in [1.82, 2.24) is 0 Å². The Hall–Kier alpha value is -7.61. The fourth-order valence-corrected chi connectivity index (χ4v) is 11.5. The minimum atomic E-state index is -0.346. The van der Waals surface area contributed by atoms with Gasteiger partial charge < -0.3 is 0 Å². The molecule has 12 rings (SSSR count). The first-order chi connectivity index (χ1) is 33.5. The summed E-state index contributed by atoms with van der Waals surface area (Å²) in [5.74, 6) is 0.514. The molecule has 0 amide bonds. The van der Waals surface area contributed by atoms with Crippen molar-refractivity contribution >= 4 is 22.6 Å². The van der Waals surface area contributed by atoms with E-state index in [1.165, 1.54) is 89.0 Å². The minimum Gasteiger partial charge on any atom is -0.248 e. The maximum absolute atomic E-state index is 5.54. The average Bonchev–Trinajstić information content (AvgIpc) is 3.50. The van der Waals surface area contributed by atoms with Crippen LogP contribution in [0.5, 0.6) is 0 Å². The lowest BCUT2D eigenvalue weighted by Gasteiger charge is -2.36. The standard InChI is InChI=1S/C65H51N.C2H6/c1-43-38-54-41-52(36-37-59(54)65(60-25-12-9-22-55(43)60)61-26-13-10-23-56(61)57-24-11-14-27-62(57)65)51-20-15-21-53(40-51)63-39-44(2)58(49-18-7-4-8-19-49)42-64(66-63)50-34-32-48(33-35-50)47-30-28-46(29-31-47)45-16-5-3-6-17-45;1-2/h3-10,12-13,15-37,39-44H,11,14,38H2,1-2H3;1-2H3. The van der Waals surface area contributed by atoms with Crippen LogP contribution in [0, 0.1) is 5.92 Å². The van der Waals surface area contributed by atoms with E-state index in [2.05, 4.69) is 238 Å². The first-order valence-corrected chi connectivity index (χ1v) is 24.7. The van der Waals surface area contributed by atoms with Gasteiger partial charge in [0.25, 0.3) is 0 Å². The van der Waals surface area contributed by atoms with Gasteiger partial charge in [-0.25, -0.2) is 4.99 Å². The molecule has 0 N–H and O–H groups in total. The molecule has 1 aliphatic heterocycles. The smallest absolute Gasteiger partial charge is 0.0715 e. The zero-order valence-corrected chi connectivity index (χ0v) is 39.6. The number of allylic oxidation sites excluding steroid dienone is 7. The molecule has 8 aromatic rings. The highest BCUT2D eigenvalue weighted by Crippen LogP contribution is 2.61. The number of benzene rings is 8. The maximum atomic E-state index is 5.54. The minimum absolute atomic E-state index is 0.142. The van der Waals surface area contributed by atoms with E-state index < -0.39 is 0 Å². The molecular formula is C67H57N. The molecule has 68 heavy (non-hydrogen) atoms. The van der Waals surface area contributed by atoms with Crippen LogP contribution in [0.1, 0.15) is 96.5 Å². The van der Waals surface area contributed by atoms with Crippen LogP contribution < -0.4 is 0 Å². The Morgan fingerprint density at radius 3 is 1.72 bits per heavy atom. The fraction of sp³-hybridized carbons (Fsp3) is 0.149. The molecule has 3 aliphatic carbocycles. The van der Waals surface area contributed by atoms with Gasteiger partial charge in [-0.2, -0.15) is 0 Å². The molecule has 8 aromatic carbocycles. The van der Waals surface area contributed by atoms with Crippen molar-refractivity contribution in [1.29, 1.82) is 0 Å². The lowest BCUT2D eigenvalue weighted by Crippen LogP contribution is -2.30. The van der Waals surface area contributed by atoms with E-state index in [4.69, 9.17) is 4.99 Å². The Bertz CT molecular complexity index is 3320. The number of hydrogen-bond acceptors (Lipinski definition) is 1. The molecule has 1 heteroatoms. The molecule has 0 aromatic heterocycles. The monoisotopic (exact) mass is 875 g/mol. The van der Waals surface area contributed by atoms with Crippen LogP contribution in [0.4, 0.5) is 0 Å². The predicted octanol–water partition coefficient (Wildman–Crippen LogP) is 17.4. The molecule has 0 bridgehead atoms. The van der Waals surface area contributed by atoms with E-state index in [9.17, 15) is 0 Å². The van der Waals surface area contributed by atoms with Crippen LogP contribution >= 0.6 is 0 Å². The van der Waals surface area contributed by atoms with Gasteiger partial charge in [0.15, 0.2) is 0 Å². The molecule has 1 spiro atoms. The average molecular weight is 876 g/mol. The number of nitrogens with zero attached hydrogens (tertiary/aromatic N) is 1. The van der Waals surface area contributed by atoms with Crippen LogP contribution in [0.3, 0.4) is 0 Å². The molecule has 1 nitrogen and oxygen atoms in total. The summed E-state index contributed by atoms with van der Waals surface area (Å²) in [6, 6.07) is 74.1. The van der Waals surface area contributed by atoms with Crippen molar-refractivity contribution < 1.29 is 0 Å². The molecule has 4 aliphatic rings. The summed E-state index contributed by atoms with van der Waals surface area (Å²) in [4.78, 5) is 5.54. The zero-order valence-electron chi connectivity index (χ0n) is 39.6. The Balaban J connectivity index is 0.00000250. The number of hydrogen-bond donors (Lipinski definition) is 0. The number of aliphatic imine (C=N–C) groups is 1. The first kappa shape index (κ1) is 43.0. The Morgan fingerprint density at radius 1 is 0.456 bits per heavy atom. The maximum Gasteiger partial charge on any atom is 0.0715 e. The predicted molar refractivity (Wildman–Crippen MR) is 289 cm³/mol. The Morgan fingerprint density at radius 2 is 1.00 bits per heavy atom. The van der Waals surface area contributed by atoms with Crippen LogP contribution in [0.15, 0.2) is 235 Å². The van der Waals surface area contributed by atoms with E-state index in [-0.39, 0.29) is 11.3 Å². The summed E-state index contributed by atoms with van der Waals surface area (Å²) in [6.45, 7) is 8.72. The third-order valence-corrected chi connectivity index (χ3v) is 14.6. The Labute approximate surface area is 403 Å². The van der Waals surface area contributed by atoms with Crippen LogP contribution in [-0.4, -0.2) is 5.71 Å². The van der Waals surface area contributed by atoms with Crippen molar-refractivity contribution in [2.45, 2.75) is 58.3 Å². The summed E-state index contributed by atoms with van der Waals surface area (Å²) in [7, 11) is 0. The van der Waals surface area contributed by atoms with Gasteiger partial charge in [0.2, 0.25) is 0 Å². The van der Waals surface area contributed by atoms with Crippen molar-refractivity contribution in [2.75, 3.05) is 0 Å². The molecule has 0 saturated carbocycles. The highest BCUT2D eigenvalue weighted by molar-refractivity contribution is 6.15. The van der Waals surface area contributed by atoms with Crippen molar-refractivity contribution in [2.24, 2.45) is 10.9 Å². The molecule has 330 valence electrons. The van der Waals surface area contributed by atoms with Crippen LogP contribution in [0.2, 0.25) is 0 Å². The summed E-state index contributed by atoms with van der Waals surface area (Å²) < 4.78 is 0. The third-order valence-electron chi connectivity index (χ3n) is 14.6. The lowest BCUT2D eigenvalue weighted by molar-refractivity contribution is 0.742. The van der Waals surface area contributed by atoms with Crippen molar-refractivity contribution in [3.8, 4) is 33.4 Å². The summed E-state index contributed by atoms with van der Waals surface area (Å²) in [6.07, 6.45) is 12.9.